The molecule has 0 amide bonds. The van der Waals surface area contributed by atoms with E-state index in [1.54, 1.807) is 6.92 Å². The molecule has 1 unspecified atom stereocenters. The Labute approximate surface area is 188 Å². The van der Waals surface area contributed by atoms with Crippen molar-refractivity contribution >= 4 is 17.3 Å². The van der Waals surface area contributed by atoms with Crippen molar-refractivity contribution in [2.24, 2.45) is 0 Å². The second-order valence-corrected chi connectivity index (χ2v) is 8.85. The molecule has 0 aliphatic heterocycles. The van der Waals surface area contributed by atoms with Crippen LogP contribution in [0, 0.1) is 13.8 Å². The Balaban J connectivity index is 1.77. The zero-order valence-electron chi connectivity index (χ0n) is 18.3. The third-order valence-electron chi connectivity index (χ3n) is 5.20. The summed E-state index contributed by atoms with van der Waals surface area (Å²) in [5.74, 6) is -0.315. The number of hydrogen-bond acceptors (Lipinski definition) is 4. The number of rotatable bonds is 9. The van der Waals surface area contributed by atoms with E-state index in [1.807, 2.05) is 49.4 Å². The molecule has 3 aromatic rings. The van der Waals surface area contributed by atoms with E-state index in [1.165, 1.54) is 16.7 Å². The highest BCUT2D eigenvalue weighted by Crippen LogP contribution is 2.23. The van der Waals surface area contributed by atoms with Crippen LogP contribution in [-0.4, -0.2) is 17.1 Å². The van der Waals surface area contributed by atoms with Crippen LogP contribution < -0.4 is 4.72 Å². The molecule has 0 radical (unpaired) electrons. The van der Waals surface area contributed by atoms with Gasteiger partial charge in [-0.2, -0.15) is 0 Å². The third kappa shape index (κ3) is 6.69. The van der Waals surface area contributed by atoms with Crippen molar-refractivity contribution in [1.82, 2.24) is 4.72 Å². The first-order valence-corrected chi connectivity index (χ1v) is 11.6. The summed E-state index contributed by atoms with van der Waals surface area (Å²) in [5, 5.41) is 0. The van der Waals surface area contributed by atoms with Gasteiger partial charge in [-0.25, -0.2) is 0 Å². The van der Waals surface area contributed by atoms with E-state index in [-0.39, 0.29) is 12.4 Å². The Bertz CT molecular complexity index is 986. The van der Waals surface area contributed by atoms with Gasteiger partial charge in [-0.3, -0.25) is 4.79 Å². The SMILES string of the molecule is CCOC(=O)C[C@H](N[S+]([O-])c1ccc(C)cc1)c1ccc(Cc2ccccc2C)cc1. The van der Waals surface area contributed by atoms with E-state index in [4.69, 9.17) is 4.74 Å². The molecule has 5 heteroatoms. The maximum absolute atomic E-state index is 12.9. The van der Waals surface area contributed by atoms with Gasteiger partial charge in [0.1, 0.15) is 0 Å². The third-order valence-corrected chi connectivity index (χ3v) is 6.40. The number of nitrogens with one attached hydrogen (secondary N) is 1. The summed E-state index contributed by atoms with van der Waals surface area (Å²) in [4.78, 5) is 12.9. The molecule has 3 rings (SSSR count). The predicted molar refractivity (Wildman–Crippen MR) is 125 cm³/mol. The minimum Gasteiger partial charge on any atom is -0.593 e. The van der Waals surface area contributed by atoms with Gasteiger partial charge in [-0.1, -0.05) is 66.2 Å². The predicted octanol–water partition coefficient (Wildman–Crippen LogP) is 5.20. The summed E-state index contributed by atoms with van der Waals surface area (Å²) in [6, 6.07) is 23.6. The lowest BCUT2D eigenvalue weighted by Crippen LogP contribution is -2.30. The van der Waals surface area contributed by atoms with Crippen LogP contribution in [0.2, 0.25) is 0 Å². The molecule has 0 bridgehead atoms. The number of benzene rings is 3. The smallest absolute Gasteiger partial charge is 0.307 e. The molecular formula is C26H29NO3S. The molecule has 0 saturated carbocycles. The number of esters is 1. The summed E-state index contributed by atoms with van der Waals surface area (Å²) in [7, 11) is 0. The average molecular weight is 436 g/mol. The number of carbonyl (C=O) groups excluding carboxylic acids is 1. The molecule has 31 heavy (non-hydrogen) atoms. The molecule has 0 aliphatic carbocycles. The molecule has 2 atom stereocenters. The fourth-order valence-corrected chi connectivity index (χ4v) is 4.37. The minimum atomic E-state index is -1.44. The topological polar surface area (TPSA) is 61.4 Å². The minimum absolute atomic E-state index is 0.114. The molecule has 4 nitrogen and oxygen atoms in total. The van der Waals surface area contributed by atoms with Gasteiger partial charge in [-0.15, -0.1) is 4.72 Å². The first-order valence-electron chi connectivity index (χ1n) is 10.5. The molecular weight excluding hydrogens is 406 g/mol. The van der Waals surface area contributed by atoms with Gasteiger partial charge in [0.25, 0.3) is 0 Å². The molecule has 0 fully saturated rings. The first-order chi connectivity index (χ1) is 15.0. The zero-order chi connectivity index (χ0) is 22.2. The fraction of sp³-hybridized carbons (Fsp3) is 0.269. The molecule has 0 spiro atoms. The van der Waals surface area contributed by atoms with Crippen molar-refractivity contribution in [3.05, 3.63) is 101 Å². The van der Waals surface area contributed by atoms with E-state index < -0.39 is 17.4 Å². The van der Waals surface area contributed by atoms with Gasteiger partial charge in [-0.05, 0) is 61.6 Å². The van der Waals surface area contributed by atoms with Crippen LogP contribution in [0.25, 0.3) is 0 Å². The van der Waals surface area contributed by atoms with Gasteiger partial charge >= 0.3 is 5.97 Å². The fourth-order valence-electron chi connectivity index (χ4n) is 3.37. The molecule has 0 saturated heterocycles. The molecule has 1 N–H and O–H groups in total. The lowest BCUT2D eigenvalue weighted by Gasteiger charge is -2.20. The van der Waals surface area contributed by atoms with Crippen molar-refractivity contribution in [1.29, 1.82) is 0 Å². The van der Waals surface area contributed by atoms with Gasteiger partial charge in [0.2, 0.25) is 0 Å². The Hall–Kier alpha value is -2.60. The van der Waals surface area contributed by atoms with Gasteiger partial charge < -0.3 is 9.29 Å². The van der Waals surface area contributed by atoms with E-state index in [0.29, 0.717) is 11.5 Å². The maximum Gasteiger partial charge on any atom is 0.307 e. The van der Waals surface area contributed by atoms with Crippen LogP contribution in [0.15, 0.2) is 77.7 Å². The van der Waals surface area contributed by atoms with E-state index >= 15 is 0 Å². The standard InChI is InChI=1S/C26H29NO3S/c1-4-30-26(28)18-25(27-31(29)24-15-9-19(2)10-16-24)22-13-11-21(12-14-22)17-23-8-6-5-7-20(23)3/h5-16,25,27H,4,17-18H2,1-3H3/t25-,31?/m0/s1. The second kappa shape index (κ2) is 11.1. The van der Waals surface area contributed by atoms with Crippen molar-refractivity contribution < 1.29 is 14.1 Å². The van der Waals surface area contributed by atoms with Gasteiger partial charge in [0, 0.05) is 0 Å². The van der Waals surface area contributed by atoms with Crippen LogP contribution in [-0.2, 0) is 27.3 Å². The molecule has 3 aromatic carbocycles. The number of carbonyl (C=O) groups is 1. The van der Waals surface area contributed by atoms with Crippen molar-refractivity contribution in [2.45, 2.75) is 44.6 Å². The second-order valence-electron chi connectivity index (χ2n) is 7.61. The number of hydrogen-bond donors (Lipinski definition) is 1. The highest BCUT2D eigenvalue weighted by Gasteiger charge is 2.24. The summed E-state index contributed by atoms with van der Waals surface area (Å²) < 4.78 is 21.1. The van der Waals surface area contributed by atoms with Crippen LogP contribution >= 0.6 is 0 Å². The Kier molecular flexibility index (Phi) is 8.29. The van der Waals surface area contributed by atoms with Crippen molar-refractivity contribution in [3.63, 3.8) is 0 Å². The summed E-state index contributed by atoms with van der Waals surface area (Å²) in [6.07, 6.45) is 0.959. The zero-order valence-corrected chi connectivity index (χ0v) is 19.1. The Morgan fingerprint density at radius 1 is 1.00 bits per heavy atom. The van der Waals surface area contributed by atoms with Crippen molar-refractivity contribution in [3.8, 4) is 0 Å². The van der Waals surface area contributed by atoms with Crippen LogP contribution in [0.4, 0.5) is 0 Å². The molecule has 0 aliphatic rings. The highest BCUT2D eigenvalue weighted by atomic mass is 32.2. The number of aryl methyl sites for hydroxylation is 2. The summed E-state index contributed by atoms with van der Waals surface area (Å²) in [6.45, 7) is 6.21. The van der Waals surface area contributed by atoms with Crippen LogP contribution in [0.1, 0.15) is 47.2 Å². The average Bonchev–Trinajstić information content (AvgIpc) is 2.76. The molecule has 0 heterocycles. The monoisotopic (exact) mass is 435 g/mol. The van der Waals surface area contributed by atoms with Crippen LogP contribution in [0.5, 0.6) is 0 Å². The Morgan fingerprint density at radius 2 is 1.68 bits per heavy atom. The van der Waals surface area contributed by atoms with E-state index in [0.717, 1.165) is 17.5 Å². The Morgan fingerprint density at radius 3 is 2.32 bits per heavy atom. The maximum atomic E-state index is 12.9. The van der Waals surface area contributed by atoms with Gasteiger partial charge in [0.05, 0.1) is 30.4 Å². The normalized spacial score (nSPS) is 12.9. The first kappa shape index (κ1) is 23.1. The quantitative estimate of drug-likeness (QED) is 0.371. The van der Waals surface area contributed by atoms with Gasteiger partial charge in [0.15, 0.2) is 4.90 Å². The largest absolute Gasteiger partial charge is 0.593 e. The number of ether oxygens (including phenoxy) is 1. The van der Waals surface area contributed by atoms with E-state index in [2.05, 4.69) is 42.0 Å². The van der Waals surface area contributed by atoms with Crippen LogP contribution in [0.3, 0.4) is 0 Å². The highest BCUT2D eigenvalue weighted by molar-refractivity contribution is 7.89. The van der Waals surface area contributed by atoms with E-state index in [9.17, 15) is 9.35 Å². The summed E-state index contributed by atoms with van der Waals surface area (Å²) in [5.41, 5.74) is 5.75. The molecule has 162 valence electrons. The lowest BCUT2D eigenvalue weighted by molar-refractivity contribution is -0.143. The van der Waals surface area contributed by atoms with Crippen molar-refractivity contribution in [2.75, 3.05) is 6.61 Å². The lowest BCUT2D eigenvalue weighted by atomic mass is 9.98. The molecule has 0 aromatic heterocycles. The summed E-state index contributed by atoms with van der Waals surface area (Å²) >= 11 is -1.44.